The Morgan fingerprint density at radius 3 is 2.58 bits per heavy atom. The Balaban J connectivity index is 1.40. The minimum atomic E-state index is -0.371. The first-order valence-electron chi connectivity index (χ1n) is 9.75. The van der Waals surface area contributed by atoms with Gasteiger partial charge in [0.2, 0.25) is 0 Å². The molecular weight excluding hydrogens is 392 g/mol. The Bertz CT molecular complexity index is 1220. The highest BCUT2D eigenvalue weighted by Gasteiger charge is 2.11. The summed E-state index contributed by atoms with van der Waals surface area (Å²) in [5, 5.41) is 7.03. The second-order valence-corrected chi connectivity index (χ2v) is 6.74. The van der Waals surface area contributed by atoms with E-state index in [1.165, 1.54) is 16.8 Å². The number of amides is 1. The Kier molecular flexibility index (Phi) is 6.13. The number of benzene rings is 2. The molecule has 0 radical (unpaired) electrons. The molecule has 0 aliphatic heterocycles. The number of para-hydroxylation sites is 1. The maximum atomic E-state index is 12.6. The van der Waals surface area contributed by atoms with E-state index in [2.05, 4.69) is 15.4 Å². The second-order valence-electron chi connectivity index (χ2n) is 6.74. The molecule has 0 bridgehead atoms. The van der Waals surface area contributed by atoms with Crippen LogP contribution in [0.3, 0.4) is 0 Å². The highest BCUT2D eigenvalue weighted by molar-refractivity contribution is 5.92. The molecule has 7 heteroatoms. The third kappa shape index (κ3) is 5.22. The zero-order chi connectivity index (χ0) is 21.5. The molecule has 0 unspecified atom stereocenters. The summed E-state index contributed by atoms with van der Waals surface area (Å²) in [5.41, 5.74) is 2.16. The van der Waals surface area contributed by atoms with Crippen LogP contribution < -0.4 is 15.6 Å². The first-order chi connectivity index (χ1) is 15.2. The smallest absolute Gasteiger partial charge is 0.272 e. The second kappa shape index (κ2) is 9.49. The van der Waals surface area contributed by atoms with E-state index in [0.717, 1.165) is 11.3 Å². The first kappa shape index (κ1) is 20.0. The Labute approximate surface area is 179 Å². The average Bonchev–Trinajstić information content (AvgIpc) is 2.83. The summed E-state index contributed by atoms with van der Waals surface area (Å²) < 4.78 is 6.99. The van der Waals surface area contributed by atoms with Crippen LogP contribution in [0, 0.1) is 0 Å². The van der Waals surface area contributed by atoms with Gasteiger partial charge >= 0.3 is 0 Å². The van der Waals surface area contributed by atoms with Gasteiger partial charge in [0, 0.05) is 18.8 Å². The number of hydrogen-bond acceptors (Lipinski definition) is 5. The lowest BCUT2D eigenvalue weighted by Gasteiger charge is -2.10. The lowest BCUT2D eigenvalue weighted by molar-refractivity contribution is 0.0944. The molecule has 0 fully saturated rings. The SMILES string of the molecule is O=C(NCc1cccc(OCc2ccccn2)c1)c1ccc(=O)n(-c2ccccc2)n1. The predicted molar refractivity (Wildman–Crippen MR) is 116 cm³/mol. The normalized spacial score (nSPS) is 10.5. The molecule has 1 N–H and O–H groups in total. The van der Waals surface area contributed by atoms with Crippen molar-refractivity contribution in [2.45, 2.75) is 13.2 Å². The van der Waals surface area contributed by atoms with Gasteiger partial charge in [-0.1, -0.05) is 36.4 Å². The average molecular weight is 412 g/mol. The first-order valence-corrected chi connectivity index (χ1v) is 9.75. The summed E-state index contributed by atoms with van der Waals surface area (Å²) in [6.45, 7) is 0.660. The lowest BCUT2D eigenvalue weighted by atomic mass is 10.2. The van der Waals surface area contributed by atoms with Crippen molar-refractivity contribution in [3.8, 4) is 11.4 Å². The van der Waals surface area contributed by atoms with Gasteiger partial charge in [0.1, 0.15) is 18.1 Å². The molecule has 0 spiro atoms. The molecule has 0 aliphatic rings. The van der Waals surface area contributed by atoms with Crippen LogP contribution in [-0.2, 0) is 13.2 Å². The number of rotatable bonds is 7. The highest BCUT2D eigenvalue weighted by atomic mass is 16.5. The molecule has 4 rings (SSSR count). The summed E-state index contributed by atoms with van der Waals surface area (Å²) in [6.07, 6.45) is 1.72. The zero-order valence-corrected chi connectivity index (χ0v) is 16.6. The number of carbonyl (C=O) groups is 1. The van der Waals surface area contributed by atoms with E-state index in [4.69, 9.17) is 4.74 Å². The Morgan fingerprint density at radius 1 is 0.935 bits per heavy atom. The van der Waals surface area contributed by atoms with Crippen molar-refractivity contribution in [3.05, 3.63) is 118 Å². The van der Waals surface area contributed by atoms with Gasteiger partial charge in [0.15, 0.2) is 0 Å². The van der Waals surface area contributed by atoms with Gasteiger partial charge in [-0.15, -0.1) is 0 Å². The number of ether oxygens (including phenoxy) is 1. The molecule has 4 aromatic rings. The number of pyridine rings is 1. The van der Waals surface area contributed by atoms with Crippen LogP contribution >= 0.6 is 0 Å². The summed E-state index contributed by atoms with van der Waals surface area (Å²) in [4.78, 5) is 28.9. The number of aromatic nitrogens is 3. The summed E-state index contributed by atoms with van der Waals surface area (Å²) in [7, 11) is 0. The Morgan fingerprint density at radius 2 is 1.77 bits per heavy atom. The van der Waals surface area contributed by atoms with E-state index < -0.39 is 0 Å². The topological polar surface area (TPSA) is 86.1 Å². The molecule has 7 nitrogen and oxygen atoms in total. The van der Waals surface area contributed by atoms with Crippen LogP contribution in [0.25, 0.3) is 5.69 Å². The van der Waals surface area contributed by atoms with Gasteiger partial charge in [-0.3, -0.25) is 14.6 Å². The van der Waals surface area contributed by atoms with Gasteiger partial charge in [-0.05, 0) is 48.0 Å². The Hall–Kier alpha value is -4.26. The molecule has 1 amide bonds. The van der Waals surface area contributed by atoms with Crippen LogP contribution in [0.5, 0.6) is 5.75 Å². The molecule has 2 aromatic carbocycles. The zero-order valence-electron chi connectivity index (χ0n) is 16.6. The molecule has 0 saturated carbocycles. The number of hydrogen-bond donors (Lipinski definition) is 1. The van der Waals surface area contributed by atoms with Crippen molar-refractivity contribution >= 4 is 5.91 Å². The quantitative estimate of drug-likeness (QED) is 0.504. The molecule has 154 valence electrons. The summed E-state index contributed by atoms with van der Waals surface area (Å²) in [6, 6.07) is 24.9. The lowest BCUT2D eigenvalue weighted by Crippen LogP contribution is -2.28. The van der Waals surface area contributed by atoms with E-state index in [-0.39, 0.29) is 17.2 Å². The highest BCUT2D eigenvalue weighted by Crippen LogP contribution is 2.15. The van der Waals surface area contributed by atoms with E-state index in [1.54, 1.807) is 30.5 Å². The largest absolute Gasteiger partial charge is 0.487 e. The van der Waals surface area contributed by atoms with Crippen molar-refractivity contribution in [3.63, 3.8) is 0 Å². The standard InChI is InChI=1S/C24H20N4O3/c29-23-13-12-22(27-28(23)20-9-2-1-3-10-20)24(30)26-16-18-7-6-11-21(15-18)31-17-19-8-4-5-14-25-19/h1-15H,16-17H2,(H,26,30). The summed E-state index contributed by atoms with van der Waals surface area (Å²) >= 11 is 0. The maximum Gasteiger partial charge on any atom is 0.272 e. The molecule has 2 heterocycles. The van der Waals surface area contributed by atoms with Crippen LogP contribution in [0.4, 0.5) is 0 Å². The minimum absolute atomic E-state index is 0.158. The number of carbonyl (C=O) groups excluding carboxylic acids is 1. The van der Waals surface area contributed by atoms with E-state index in [0.29, 0.717) is 24.6 Å². The number of nitrogens with zero attached hydrogens (tertiary/aromatic N) is 3. The fraction of sp³-hybridized carbons (Fsp3) is 0.0833. The van der Waals surface area contributed by atoms with Crippen molar-refractivity contribution < 1.29 is 9.53 Å². The van der Waals surface area contributed by atoms with Gasteiger partial charge < -0.3 is 10.1 Å². The van der Waals surface area contributed by atoms with Gasteiger partial charge in [-0.2, -0.15) is 9.78 Å². The van der Waals surface area contributed by atoms with Crippen molar-refractivity contribution in [1.29, 1.82) is 0 Å². The molecule has 0 aliphatic carbocycles. The third-order valence-electron chi connectivity index (χ3n) is 4.50. The third-order valence-corrected chi connectivity index (χ3v) is 4.50. The van der Waals surface area contributed by atoms with Crippen LogP contribution in [0.2, 0.25) is 0 Å². The van der Waals surface area contributed by atoms with Crippen LogP contribution in [0.1, 0.15) is 21.7 Å². The molecule has 31 heavy (non-hydrogen) atoms. The van der Waals surface area contributed by atoms with Crippen LogP contribution in [-0.4, -0.2) is 20.7 Å². The van der Waals surface area contributed by atoms with Crippen molar-refractivity contribution in [2.24, 2.45) is 0 Å². The number of nitrogens with one attached hydrogen (secondary N) is 1. The molecule has 0 atom stereocenters. The fourth-order valence-electron chi connectivity index (χ4n) is 2.95. The molecule has 2 aromatic heterocycles. The van der Waals surface area contributed by atoms with Crippen molar-refractivity contribution in [2.75, 3.05) is 0 Å². The van der Waals surface area contributed by atoms with Gasteiger partial charge in [-0.25, -0.2) is 0 Å². The van der Waals surface area contributed by atoms with E-state index in [1.807, 2.05) is 48.5 Å². The molecular formula is C24H20N4O3. The van der Waals surface area contributed by atoms with E-state index in [9.17, 15) is 9.59 Å². The van der Waals surface area contributed by atoms with Crippen molar-refractivity contribution in [1.82, 2.24) is 20.1 Å². The monoisotopic (exact) mass is 412 g/mol. The van der Waals surface area contributed by atoms with Crippen LogP contribution in [0.15, 0.2) is 95.9 Å². The fourth-order valence-corrected chi connectivity index (χ4v) is 2.95. The predicted octanol–water partition coefficient (Wildman–Crippen LogP) is 3.14. The maximum absolute atomic E-state index is 12.6. The summed E-state index contributed by atoms with van der Waals surface area (Å²) in [5.74, 6) is 0.317. The van der Waals surface area contributed by atoms with Gasteiger partial charge in [0.05, 0.1) is 11.4 Å². The minimum Gasteiger partial charge on any atom is -0.487 e. The molecule has 0 saturated heterocycles. The van der Waals surface area contributed by atoms with Gasteiger partial charge in [0.25, 0.3) is 11.5 Å². The van der Waals surface area contributed by atoms with E-state index >= 15 is 0 Å².